The van der Waals surface area contributed by atoms with Crippen LogP contribution in [-0.2, 0) is 13.0 Å². The first-order valence-electron chi connectivity index (χ1n) is 7.61. The van der Waals surface area contributed by atoms with Gasteiger partial charge in [-0.05, 0) is 31.2 Å². The smallest absolute Gasteiger partial charge is 0.322 e. The van der Waals surface area contributed by atoms with Gasteiger partial charge in [0.2, 0.25) is 0 Å². The van der Waals surface area contributed by atoms with E-state index in [0.717, 1.165) is 16.4 Å². The summed E-state index contributed by atoms with van der Waals surface area (Å²) in [5, 5.41) is 5.97. The highest BCUT2D eigenvalue weighted by atomic mass is 32.1. The average molecular weight is 342 g/mol. The number of furan rings is 1. The molecule has 0 unspecified atom stereocenters. The van der Waals surface area contributed by atoms with Gasteiger partial charge in [-0.1, -0.05) is 0 Å². The summed E-state index contributed by atoms with van der Waals surface area (Å²) in [4.78, 5) is 22.7. The molecule has 0 aromatic carbocycles. The van der Waals surface area contributed by atoms with Crippen molar-refractivity contribution in [3.8, 4) is 0 Å². The summed E-state index contributed by atoms with van der Waals surface area (Å²) in [5.74, 6) is 0.713. The zero-order valence-electron chi connectivity index (χ0n) is 13.3. The molecule has 0 spiro atoms. The zero-order valence-corrected chi connectivity index (χ0v) is 14.1. The lowest BCUT2D eigenvalue weighted by atomic mass is 10.3. The van der Waals surface area contributed by atoms with Crippen LogP contribution in [0, 0.1) is 6.92 Å². The second-order valence-corrected chi connectivity index (χ2v) is 6.18. The number of aryl methyl sites for hydroxylation is 1. The summed E-state index contributed by atoms with van der Waals surface area (Å²) in [6.07, 6.45) is 5.65. The number of amides is 2. The summed E-state index contributed by atoms with van der Waals surface area (Å²) in [5.41, 5.74) is 1.73. The molecule has 0 atom stereocenters. The van der Waals surface area contributed by atoms with Gasteiger partial charge in [0.1, 0.15) is 5.76 Å². The number of hydrogen-bond acceptors (Lipinski definition) is 5. The molecule has 3 heterocycles. The van der Waals surface area contributed by atoms with Gasteiger partial charge in [0.15, 0.2) is 0 Å². The van der Waals surface area contributed by atoms with Crippen LogP contribution in [0.1, 0.15) is 16.5 Å². The van der Waals surface area contributed by atoms with E-state index in [-0.39, 0.29) is 6.03 Å². The number of pyridine rings is 1. The van der Waals surface area contributed by atoms with Crippen molar-refractivity contribution < 1.29 is 9.21 Å². The molecule has 0 saturated carbocycles. The normalized spacial score (nSPS) is 10.5. The lowest BCUT2D eigenvalue weighted by Crippen LogP contribution is -2.40. The quantitative estimate of drug-likeness (QED) is 0.745. The van der Waals surface area contributed by atoms with Gasteiger partial charge in [-0.2, -0.15) is 0 Å². The van der Waals surface area contributed by atoms with Gasteiger partial charge in [0.05, 0.1) is 29.7 Å². The molecule has 0 saturated heterocycles. The number of thiazole rings is 1. The molecule has 7 heteroatoms. The third-order valence-corrected chi connectivity index (χ3v) is 4.40. The van der Waals surface area contributed by atoms with E-state index in [9.17, 15) is 4.79 Å². The molecule has 3 aromatic heterocycles. The van der Waals surface area contributed by atoms with Crippen LogP contribution in [-0.4, -0.2) is 22.5 Å². The molecule has 1 N–H and O–H groups in total. The Morgan fingerprint density at radius 1 is 1.38 bits per heavy atom. The minimum Gasteiger partial charge on any atom is -0.467 e. The van der Waals surface area contributed by atoms with Crippen molar-refractivity contribution in [1.82, 2.24) is 15.3 Å². The van der Waals surface area contributed by atoms with Gasteiger partial charge in [0.25, 0.3) is 0 Å². The molecule has 24 heavy (non-hydrogen) atoms. The predicted molar refractivity (Wildman–Crippen MR) is 93.1 cm³/mol. The molecule has 0 aliphatic heterocycles. The zero-order chi connectivity index (χ0) is 16.8. The van der Waals surface area contributed by atoms with E-state index in [1.807, 2.05) is 24.4 Å². The third-order valence-electron chi connectivity index (χ3n) is 3.38. The second-order valence-electron chi connectivity index (χ2n) is 5.24. The second kappa shape index (κ2) is 7.74. The molecule has 2 amide bonds. The molecule has 3 aromatic rings. The highest BCUT2D eigenvalue weighted by Crippen LogP contribution is 2.16. The number of nitrogens with one attached hydrogen (secondary N) is 1. The standard InChI is InChI=1S/C17H18N4O2S/c1-13-12-24-16(20-13)6-8-19-17(22)21(11-15-5-3-9-23-15)14-4-2-7-18-10-14/h2-5,7,9-10,12H,6,8,11H2,1H3,(H,19,22). The van der Waals surface area contributed by atoms with Crippen molar-refractivity contribution >= 4 is 23.1 Å². The van der Waals surface area contributed by atoms with Crippen LogP contribution in [0.5, 0.6) is 0 Å². The lowest BCUT2D eigenvalue weighted by molar-refractivity contribution is 0.245. The number of hydrogen-bond donors (Lipinski definition) is 1. The maximum absolute atomic E-state index is 12.6. The topological polar surface area (TPSA) is 71.3 Å². The van der Waals surface area contributed by atoms with Crippen molar-refractivity contribution in [1.29, 1.82) is 0 Å². The number of carbonyl (C=O) groups is 1. The summed E-state index contributed by atoms with van der Waals surface area (Å²) < 4.78 is 5.36. The van der Waals surface area contributed by atoms with E-state index in [0.29, 0.717) is 25.3 Å². The van der Waals surface area contributed by atoms with Gasteiger partial charge in [0, 0.05) is 30.2 Å². The number of rotatable bonds is 6. The van der Waals surface area contributed by atoms with E-state index in [2.05, 4.69) is 15.3 Å². The molecule has 0 bridgehead atoms. The summed E-state index contributed by atoms with van der Waals surface area (Å²) in [6, 6.07) is 7.11. The van der Waals surface area contributed by atoms with Gasteiger partial charge in [-0.3, -0.25) is 9.88 Å². The monoisotopic (exact) mass is 342 g/mol. The Bertz CT molecular complexity index is 771. The van der Waals surface area contributed by atoms with Crippen LogP contribution in [0.4, 0.5) is 10.5 Å². The van der Waals surface area contributed by atoms with E-state index in [1.165, 1.54) is 0 Å². The van der Waals surface area contributed by atoms with Gasteiger partial charge >= 0.3 is 6.03 Å². The maximum Gasteiger partial charge on any atom is 0.322 e. The Balaban J connectivity index is 1.64. The summed E-state index contributed by atoms with van der Waals surface area (Å²) >= 11 is 1.61. The van der Waals surface area contributed by atoms with Crippen LogP contribution in [0.25, 0.3) is 0 Å². The molecule has 0 fully saturated rings. The van der Waals surface area contributed by atoms with Crippen LogP contribution in [0.3, 0.4) is 0 Å². The molecule has 124 valence electrons. The molecular formula is C17H18N4O2S. The first-order valence-corrected chi connectivity index (χ1v) is 8.49. The Hall–Kier alpha value is -2.67. The van der Waals surface area contributed by atoms with E-state index < -0.39 is 0 Å². The van der Waals surface area contributed by atoms with Gasteiger partial charge < -0.3 is 9.73 Å². The Morgan fingerprint density at radius 3 is 2.96 bits per heavy atom. The number of nitrogens with zero attached hydrogens (tertiary/aromatic N) is 3. The van der Waals surface area contributed by atoms with E-state index in [1.54, 1.807) is 47.0 Å². The average Bonchev–Trinajstić information content (AvgIpc) is 3.25. The van der Waals surface area contributed by atoms with Crippen molar-refractivity contribution in [3.63, 3.8) is 0 Å². The largest absolute Gasteiger partial charge is 0.467 e. The Kier molecular flexibility index (Phi) is 5.22. The van der Waals surface area contributed by atoms with Gasteiger partial charge in [-0.25, -0.2) is 9.78 Å². The van der Waals surface area contributed by atoms with Crippen LogP contribution < -0.4 is 10.2 Å². The molecular weight excluding hydrogens is 324 g/mol. The van der Waals surface area contributed by atoms with Crippen molar-refractivity contribution in [3.05, 3.63) is 64.8 Å². The SMILES string of the molecule is Cc1csc(CCNC(=O)N(Cc2ccco2)c2cccnc2)n1. The van der Waals surface area contributed by atoms with Crippen molar-refractivity contribution in [2.45, 2.75) is 19.9 Å². The minimum absolute atomic E-state index is 0.187. The fourth-order valence-corrected chi connectivity index (χ4v) is 3.02. The minimum atomic E-state index is -0.187. The van der Waals surface area contributed by atoms with Crippen LogP contribution in [0.15, 0.2) is 52.7 Å². The molecule has 6 nitrogen and oxygen atoms in total. The fraction of sp³-hybridized carbons (Fsp3) is 0.235. The highest BCUT2D eigenvalue weighted by Gasteiger charge is 2.17. The van der Waals surface area contributed by atoms with Crippen LogP contribution in [0.2, 0.25) is 0 Å². The number of anilines is 1. The summed E-state index contributed by atoms with van der Waals surface area (Å²) in [7, 11) is 0. The maximum atomic E-state index is 12.6. The predicted octanol–water partition coefficient (Wildman–Crippen LogP) is 3.40. The van der Waals surface area contributed by atoms with E-state index >= 15 is 0 Å². The van der Waals surface area contributed by atoms with Crippen molar-refractivity contribution in [2.75, 3.05) is 11.4 Å². The Morgan fingerprint density at radius 2 is 2.29 bits per heavy atom. The first kappa shape index (κ1) is 16.2. The molecule has 0 aliphatic carbocycles. The van der Waals surface area contributed by atoms with Gasteiger partial charge in [-0.15, -0.1) is 11.3 Å². The van der Waals surface area contributed by atoms with Crippen molar-refractivity contribution in [2.24, 2.45) is 0 Å². The highest BCUT2D eigenvalue weighted by molar-refractivity contribution is 7.09. The molecule has 0 radical (unpaired) electrons. The van der Waals surface area contributed by atoms with E-state index in [4.69, 9.17) is 4.42 Å². The van der Waals surface area contributed by atoms with Crippen LogP contribution >= 0.6 is 11.3 Å². The number of urea groups is 1. The first-order chi connectivity index (χ1) is 11.7. The third kappa shape index (κ3) is 4.20. The lowest BCUT2D eigenvalue weighted by Gasteiger charge is -2.21. The Labute approximate surface area is 144 Å². The molecule has 3 rings (SSSR count). The summed E-state index contributed by atoms with van der Waals surface area (Å²) in [6.45, 7) is 2.84. The number of carbonyl (C=O) groups excluding carboxylic acids is 1. The molecule has 0 aliphatic rings. The number of aromatic nitrogens is 2. The fourth-order valence-electron chi connectivity index (χ4n) is 2.24.